The molecule has 1 amide bonds. The lowest BCUT2D eigenvalue weighted by atomic mass is 10.0. The number of sulfone groups is 1. The molecule has 2 aromatic carbocycles. The van der Waals surface area contributed by atoms with Gasteiger partial charge < -0.3 is 5.73 Å². The minimum Gasteiger partial charge on any atom is -0.366 e. The molecule has 4 rings (SSSR count). The lowest BCUT2D eigenvalue weighted by molar-refractivity contribution is -0.116. The number of ketones is 1. The fourth-order valence-corrected chi connectivity index (χ4v) is 6.86. The van der Waals surface area contributed by atoms with Gasteiger partial charge in [-0.2, -0.15) is 0 Å². The molecule has 35 heavy (non-hydrogen) atoms. The number of nitrogens with two attached hydrogens (primary N) is 1. The van der Waals surface area contributed by atoms with Gasteiger partial charge in [-0.15, -0.1) is 11.3 Å². The first-order chi connectivity index (χ1) is 16.5. The first kappa shape index (κ1) is 25.1. The zero-order chi connectivity index (χ0) is 25.5. The Morgan fingerprint density at radius 2 is 1.71 bits per heavy atom. The number of fused-ring (bicyclic) bond motifs is 1. The highest BCUT2D eigenvalue weighted by Gasteiger charge is 2.23. The fraction of sp³-hybridized carbons (Fsp3) is 0.125. The van der Waals surface area contributed by atoms with Gasteiger partial charge in [0.2, 0.25) is 0 Å². The molecule has 0 aliphatic carbocycles. The van der Waals surface area contributed by atoms with Crippen LogP contribution in [0.25, 0.3) is 16.5 Å². The SMILES string of the molecule is Cc1ccc2c(=O)n(-c3ccc(CC(=O)CS(=O)(=O)c4cc(Cl)c(Cl)s4)cc3)cc(C(N)=O)c2c1. The van der Waals surface area contributed by atoms with Crippen molar-refractivity contribution in [1.29, 1.82) is 0 Å². The van der Waals surface area contributed by atoms with Crippen LogP contribution in [0.3, 0.4) is 0 Å². The molecule has 0 saturated carbocycles. The molecule has 0 bridgehead atoms. The Hall–Kier alpha value is -2.98. The minimum absolute atomic E-state index is 0.0627. The number of pyridine rings is 1. The number of rotatable bonds is 7. The smallest absolute Gasteiger partial charge is 0.262 e. The number of thiophene rings is 1. The Balaban J connectivity index is 1.59. The number of Topliss-reactive ketones (excluding diaryl/α,β-unsaturated/α-hetero) is 1. The molecule has 0 aliphatic heterocycles. The van der Waals surface area contributed by atoms with Crippen LogP contribution < -0.4 is 11.3 Å². The number of primary amides is 1. The quantitative estimate of drug-likeness (QED) is 0.368. The van der Waals surface area contributed by atoms with Crippen molar-refractivity contribution in [2.45, 2.75) is 17.6 Å². The first-order valence-electron chi connectivity index (χ1n) is 10.2. The van der Waals surface area contributed by atoms with Crippen molar-refractivity contribution in [3.63, 3.8) is 0 Å². The summed E-state index contributed by atoms with van der Waals surface area (Å²) < 4.78 is 26.4. The Labute approximate surface area is 214 Å². The van der Waals surface area contributed by atoms with E-state index < -0.39 is 27.3 Å². The maximum Gasteiger partial charge on any atom is 0.262 e. The molecule has 180 valence electrons. The molecule has 2 heterocycles. The molecule has 0 fully saturated rings. The summed E-state index contributed by atoms with van der Waals surface area (Å²) in [6, 6.07) is 12.9. The summed E-state index contributed by atoms with van der Waals surface area (Å²) in [5, 5.41) is 0.956. The molecular formula is C24H18Cl2N2O5S2. The van der Waals surface area contributed by atoms with Crippen LogP contribution in [0.5, 0.6) is 0 Å². The molecule has 2 N–H and O–H groups in total. The van der Waals surface area contributed by atoms with E-state index in [0.717, 1.165) is 16.9 Å². The van der Waals surface area contributed by atoms with Gasteiger partial charge in [-0.1, -0.05) is 53.0 Å². The van der Waals surface area contributed by atoms with Crippen molar-refractivity contribution in [2.24, 2.45) is 5.73 Å². The normalized spacial score (nSPS) is 11.6. The number of hydrogen-bond donors (Lipinski definition) is 1. The first-order valence-corrected chi connectivity index (χ1v) is 13.4. The Kier molecular flexibility index (Phi) is 6.88. The van der Waals surface area contributed by atoms with E-state index in [0.29, 0.717) is 22.0 Å². The summed E-state index contributed by atoms with van der Waals surface area (Å²) in [7, 11) is -3.86. The maximum absolute atomic E-state index is 13.1. The van der Waals surface area contributed by atoms with E-state index >= 15 is 0 Å². The average Bonchev–Trinajstić information content (AvgIpc) is 3.13. The summed E-state index contributed by atoms with van der Waals surface area (Å²) >= 11 is 12.5. The highest BCUT2D eigenvalue weighted by molar-refractivity contribution is 7.94. The number of halogens is 2. The summed E-state index contributed by atoms with van der Waals surface area (Å²) in [6.07, 6.45) is 1.28. The fourth-order valence-electron chi connectivity index (χ4n) is 3.66. The molecule has 0 spiro atoms. The van der Waals surface area contributed by atoms with Crippen LogP contribution in [0.15, 0.2) is 63.7 Å². The van der Waals surface area contributed by atoms with Gasteiger partial charge in [0, 0.05) is 29.1 Å². The van der Waals surface area contributed by atoms with Crippen molar-refractivity contribution >= 4 is 66.8 Å². The van der Waals surface area contributed by atoms with Gasteiger partial charge in [-0.25, -0.2) is 8.42 Å². The second kappa shape index (κ2) is 9.58. The Morgan fingerprint density at radius 1 is 1.03 bits per heavy atom. The number of carbonyl (C=O) groups is 2. The molecule has 0 aliphatic rings. The molecule has 0 atom stereocenters. The molecule has 2 aromatic heterocycles. The number of aromatic nitrogens is 1. The number of nitrogens with zero attached hydrogens (tertiary/aromatic N) is 1. The van der Waals surface area contributed by atoms with Gasteiger partial charge in [0.1, 0.15) is 14.3 Å². The number of benzene rings is 2. The van der Waals surface area contributed by atoms with Crippen LogP contribution in [0.4, 0.5) is 0 Å². The van der Waals surface area contributed by atoms with Crippen LogP contribution in [-0.2, 0) is 21.1 Å². The summed E-state index contributed by atoms with van der Waals surface area (Å²) in [6.45, 7) is 1.85. The third-order valence-corrected chi connectivity index (χ3v) is 9.44. The van der Waals surface area contributed by atoms with E-state index in [1.807, 2.05) is 6.92 Å². The van der Waals surface area contributed by atoms with E-state index in [9.17, 15) is 22.8 Å². The van der Waals surface area contributed by atoms with Crippen LogP contribution in [-0.4, -0.2) is 30.4 Å². The lowest BCUT2D eigenvalue weighted by Gasteiger charge is -2.12. The third kappa shape index (κ3) is 5.18. The van der Waals surface area contributed by atoms with Gasteiger partial charge in [0.25, 0.3) is 11.5 Å². The molecule has 4 aromatic rings. The molecule has 0 saturated heterocycles. The van der Waals surface area contributed by atoms with E-state index in [-0.39, 0.29) is 31.1 Å². The van der Waals surface area contributed by atoms with E-state index in [1.54, 1.807) is 42.5 Å². The summed E-state index contributed by atoms with van der Waals surface area (Å²) in [4.78, 5) is 37.6. The zero-order valence-corrected chi connectivity index (χ0v) is 21.4. The monoisotopic (exact) mass is 548 g/mol. The Morgan fingerprint density at radius 3 is 2.31 bits per heavy atom. The molecule has 0 unspecified atom stereocenters. The highest BCUT2D eigenvalue weighted by Crippen LogP contribution is 2.34. The summed E-state index contributed by atoms with van der Waals surface area (Å²) in [5.41, 5.74) is 7.35. The predicted octanol–water partition coefficient (Wildman–Crippen LogP) is 4.35. The van der Waals surface area contributed by atoms with E-state index in [1.165, 1.54) is 16.8 Å². The predicted molar refractivity (Wildman–Crippen MR) is 138 cm³/mol. The second-order valence-corrected chi connectivity index (χ2v) is 12.2. The standard InChI is InChI=1S/C24H18Cl2N2O5S2/c1-13-2-7-17-18(8-13)19(23(27)30)11-28(24(17)31)15-5-3-14(4-6-15)9-16(29)12-35(32,33)21-10-20(25)22(26)34-21/h2-8,10-11H,9,12H2,1H3,(H2,27,30). The number of hydrogen-bond acceptors (Lipinski definition) is 6. The van der Waals surface area contributed by atoms with Gasteiger partial charge in [-0.3, -0.25) is 19.0 Å². The summed E-state index contributed by atoms with van der Waals surface area (Å²) in [5.74, 6) is -1.85. The Bertz CT molecular complexity index is 1640. The largest absolute Gasteiger partial charge is 0.366 e. The van der Waals surface area contributed by atoms with E-state index in [4.69, 9.17) is 28.9 Å². The molecular weight excluding hydrogens is 531 g/mol. The minimum atomic E-state index is -3.86. The molecule has 0 radical (unpaired) electrons. The maximum atomic E-state index is 13.1. The van der Waals surface area contributed by atoms with Crippen LogP contribution >= 0.6 is 34.5 Å². The van der Waals surface area contributed by atoms with Crippen LogP contribution in [0, 0.1) is 6.92 Å². The van der Waals surface area contributed by atoms with Gasteiger partial charge in [0.15, 0.2) is 15.6 Å². The van der Waals surface area contributed by atoms with E-state index in [2.05, 4.69) is 0 Å². The molecule has 11 heteroatoms. The number of carbonyl (C=O) groups excluding carboxylic acids is 2. The molecule has 7 nitrogen and oxygen atoms in total. The second-order valence-electron chi connectivity index (χ2n) is 7.96. The van der Waals surface area contributed by atoms with Crippen LogP contribution in [0.2, 0.25) is 9.36 Å². The van der Waals surface area contributed by atoms with Crippen LogP contribution in [0.1, 0.15) is 21.5 Å². The van der Waals surface area contributed by atoms with Gasteiger partial charge in [0.05, 0.1) is 10.6 Å². The third-order valence-electron chi connectivity index (χ3n) is 5.33. The van der Waals surface area contributed by atoms with Crippen molar-refractivity contribution in [3.05, 3.63) is 91.1 Å². The zero-order valence-electron chi connectivity index (χ0n) is 18.2. The van der Waals surface area contributed by atoms with Gasteiger partial charge >= 0.3 is 0 Å². The topological polar surface area (TPSA) is 116 Å². The lowest BCUT2D eigenvalue weighted by Crippen LogP contribution is -2.23. The van der Waals surface area contributed by atoms with Crippen molar-refractivity contribution in [1.82, 2.24) is 4.57 Å². The van der Waals surface area contributed by atoms with Crippen molar-refractivity contribution in [2.75, 3.05) is 5.75 Å². The van der Waals surface area contributed by atoms with Crippen molar-refractivity contribution in [3.8, 4) is 5.69 Å². The average molecular weight is 549 g/mol. The number of amides is 1. The van der Waals surface area contributed by atoms with Crippen molar-refractivity contribution < 1.29 is 18.0 Å². The van der Waals surface area contributed by atoms with Gasteiger partial charge in [-0.05, 0) is 36.8 Å². The number of aryl methyl sites for hydroxylation is 1. The highest BCUT2D eigenvalue weighted by atomic mass is 35.5.